The molecule has 1 saturated heterocycles. The second-order valence-corrected chi connectivity index (χ2v) is 13.0. The van der Waals surface area contributed by atoms with E-state index in [9.17, 15) is 0 Å². The molecular formula is C37H44N2O. The first kappa shape index (κ1) is 26.9. The fourth-order valence-corrected chi connectivity index (χ4v) is 7.87. The Morgan fingerprint density at radius 2 is 1.35 bits per heavy atom. The minimum Gasteiger partial charge on any atom is -0.367 e. The Morgan fingerprint density at radius 1 is 0.750 bits per heavy atom. The number of para-hydroxylation sites is 1. The summed E-state index contributed by atoms with van der Waals surface area (Å²) in [4.78, 5) is 20.1. The van der Waals surface area contributed by atoms with E-state index in [1.807, 2.05) is 0 Å². The number of ketones is 1. The van der Waals surface area contributed by atoms with Gasteiger partial charge in [-0.25, -0.2) is 0 Å². The zero-order valence-electron chi connectivity index (χ0n) is 25.1. The van der Waals surface area contributed by atoms with E-state index >= 15 is 4.79 Å². The van der Waals surface area contributed by atoms with Crippen LogP contribution in [0, 0.1) is 11.3 Å². The van der Waals surface area contributed by atoms with Gasteiger partial charge in [0.1, 0.15) is 0 Å². The molecule has 2 heterocycles. The van der Waals surface area contributed by atoms with Gasteiger partial charge in [0.2, 0.25) is 0 Å². The lowest BCUT2D eigenvalue weighted by Crippen LogP contribution is -2.32. The quantitative estimate of drug-likeness (QED) is 0.348. The van der Waals surface area contributed by atoms with Gasteiger partial charge in [0.05, 0.1) is 17.2 Å². The first-order valence-corrected chi connectivity index (χ1v) is 15.4. The van der Waals surface area contributed by atoms with Crippen LogP contribution in [0.4, 0.5) is 5.69 Å². The van der Waals surface area contributed by atoms with E-state index in [0.29, 0.717) is 12.0 Å². The molecule has 2 unspecified atom stereocenters. The second kappa shape index (κ2) is 9.94. The van der Waals surface area contributed by atoms with Crippen molar-refractivity contribution in [3.63, 3.8) is 0 Å². The van der Waals surface area contributed by atoms with Gasteiger partial charge in [-0.1, -0.05) is 121 Å². The second-order valence-electron chi connectivity index (χ2n) is 13.0. The van der Waals surface area contributed by atoms with Gasteiger partial charge < -0.3 is 9.80 Å². The van der Waals surface area contributed by atoms with Crippen molar-refractivity contribution >= 4 is 22.6 Å². The standard InChI is InChI=1S/C37H44N2O/c1-7-9-23-38-29-21-15-13-19-27(29)36(3,4)34(38)31-25-17-11-12-18-26(25)32(33(31)40)35-37(5,6)28-20-14-16-22-30(28)39(35)24-10-8-2/h11-22,27,29H,7-10,23-24H2,1-6H3/b34-31+,35-32+. The van der Waals surface area contributed by atoms with E-state index in [1.165, 1.54) is 22.6 Å². The van der Waals surface area contributed by atoms with E-state index in [1.54, 1.807) is 0 Å². The zero-order valence-corrected chi connectivity index (χ0v) is 25.1. The molecule has 1 fully saturated rings. The Labute approximate surface area is 241 Å². The SMILES string of the molecule is CCCCN1/C(=C2/C(=O)/C(=C3/N(CCCC)C4C=CC=CC4C3(C)C)c3ccccc32)C(C)(C)c2ccccc21. The van der Waals surface area contributed by atoms with Crippen LogP contribution in [0.5, 0.6) is 0 Å². The highest BCUT2D eigenvalue weighted by molar-refractivity contribution is 6.48. The maximum absolute atomic E-state index is 15.1. The minimum absolute atomic E-state index is 0.159. The summed E-state index contributed by atoms with van der Waals surface area (Å²) in [6, 6.07) is 17.6. The molecule has 0 N–H and O–H groups in total. The third-order valence-electron chi connectivity index (χ3n) is 9.81. The number of Topliss-reactive ketones (excluding diaryl/α,β-unsaturated/α-hetero) is 1. The molecular weight excluding hydrogens is 488 g/mol. The maximum Gasteiger partial charge on any atom is 0.197 e. The number of fused-ring (bicyclic) bond motifs is 3. The molecule has 2 aliphatic heterocycles. The minimum atomic E-state index is -0.269. The van der Waals surface area contributed by atoms with Crippen LogP contribution in [0.3, 0.4) is 0 Å². The van der Waals surface area contributed by atoms with Crippen LogP contribution in [0.2, 0.25) is 0 Å². The predicted octanol–water partition coefficient (Wildman–Crippen LogP) is 8.54. The Hall–Kier alpha value is -3.33. The van der Waals surface area contributed by atoms with Gasteiger partial charge in [0, 0.05) is 46.9 Å². The molecule has 6 rings (SSSR count). The number of carbonyl (C=O) groups excluding carboxylic acids is 1. The van der Waals surface area contributed by atoms with E-state index in [2.05, 4.69) is 124 Å². The first-order chi connectivity index (χ1) is 19.2. The number of allylic oxidation sites excluding steroid dienone is 6. The summed E-state index contributed by atoms with van der Waals surface area (Å²) in [5, 5.41) is 0. The Balaban J connectivity index is 1.63. The van der Waals surface area contributed by atoms with Gasteiger partial charge >= 0.3 is 0 Å². The summed E-state index contributed by atoms with van der Waals surface area (Å²) in [6.07, 6.45) is 13.5. The number of nitrogens with zero attached hydrogens (tertiary/aromatic N) is 2. The van der Waals surface area contributed by atoms with Crippen molar-refractivity contribution in [2.75, 3.05) is 18.0 Å². The summed E-state index contributed by atoms with van der Waals surface area (Å²) in [7, 11) is 0. The van der Waals surface area contributed by atoms with Crippen molar-refractivity contribution in [1.29, 1.82) is 0 Å². The van der Waals surface area contributed by atoms with Crippen LogP contribution < -0.4 is 4.90 Å². The Kier molecular flexibility index (Phi) is 6.68. The number of anilines is 1. The van der Waals surface area contributed by atoms with Crippen molar-refractivity contribution in [3.05, 3.63) is 101 Å². The molecule has 0 saturated carbocycles. The molecule has 0 spiro atoms. The number of hydrogen-bond donors (Lipinski definition) is 0. The van der Waals surface area contributed by atoms with Crippen LogP contribution >= 0.6 is 0 Å². The number of rotatable bonds is 6. The molecule has 2 aromatic carbocycles. The molecule has 208 valence electrons. The monoisotopic (exact) mass is 532 g/mol. The molecule has 0 bridgehead atoms. The van der Waals surface area contributed by atoms with E-state index in [0.717, 1.165) is 61.0 Å². The van der Waals surface area contributed by atoms with Crippen molar-refractivity contribution in [2.45, 2.75) is 78.7 Å². The van der Waals surface area contributed by atoms with Crippen LogP contribution in [0.15, 0.2) is 84.2 Å². The number of carbonyl (C=O) groups is 1. The lowest BCUT2D eigenvalue weighted by Gasteiger charge is -2.31. The molecule has 0 radical (unpaired) electrons. The fraction of sp³-hybridized carbons (Fsp3) is 0.432. The van der Waals surface area contributed by atoms with Crippen molar-refractivity contribution in [2.24, 2.45) is 11.3 Å². The van der Waals surface area contributed by atoms with E-state index < -0.39 is 0 Å². The maximum atomic E-state index is 15.1. The van der Waals surface area contributed by atoms with E-state index in [-0.39, 0.29) is 16.6 Å². The molecule has 0 amide bonds. The smallest absolute Gasteiger partial charge is 0.197 e. The average Bonchev–Trinajstić information content (AvgIpc) is 3.45. The number of unbranched alkanes of at least 4 members (excludes halogenated alkanes) is 2. The lowest BCUT2D eigenvalue weighted by molar-refractivity contribution is -0.108. The van der Waals surface area contributed by atoms with Crippen LogP contribution in [-0.2, 0) is 10.2 Å². The first-order valence-electron chi connectivity index (χ1n) is 15.4. The largest absolute Gasteiger partial charge is 0.367 e. The molecule has 0 aromatic heterocycles. The summed E-state index contributed by atoms with van der Waals surface area (Å²) in [5.74, 6) is 0.552. The number of benzene rings is 2. The lowest BCUT2D eigenvalue weighted by atomic mass is 9.74. The number of likely N-dealkylation sites (tertiary alicyclic amines) is 1. The van der Waals surface area contributed by atoms with Crippen molar-refractivity contribution in [1.82, 2.24) is 4.90 Å². The van der Waals surface area contributed by atoms with Gasteiger partial charge in [0.25, 0.3) is 0 Å². The zero-order chi connectivity index (χ0) is 28.2. The van der Waals surface area contributed by atoms with Crippen molar-refractivity contribution in [3.8, 4) is 0 Å². The molecule has 40 heavy (non-hydrogen) atoms. The van der Waals surface area contributed by atoms with Crippen LogP contribution in [0.1, 0.15) is 83.9 Å². The summed E-state index contributed by atoms with van der Waals surface area (Å²) >= 11 is 0. The normalized spacial score (nSPS) is 27.4. The molecule has 2 atom stereocenters. The highest BCUT2D eigenvalue weighted by Gasteiger charge is 2.53. The summed E-state index contributed by atoms with van der Waals surface area (Å²) in [5.41, 5.74) is 8.57. The molecule has 4 aliphatic rings. The van der Waals surface area contributed by atoms with Gasteiger partial charge in [0.15, 0.2) is 5.78 Å². The van der Waals surface area contributed by atoms with Crippen LogP contribution in [-0.4, -0.2) is 29.8 Å². The highest BCUT2D eigenvalue weighted by atomic mass is 16.1. The third kappa shape index (κ3) is 3.80. The van der Waals surface area contributed by atoms with Gasteiger partial charge in [-0.05, 0) is 35.6 Å². The summed E-state index contributed by atoms with van der Waals surface area (Å²) in [6.45, 7) is 15.7. The topological polar surface area (TPSA) is 23.6 Å². The highest BCUT2D eigenvalue weighted by Crippen LogP contribution is 2.58. The molecule has 2 aromatic rings. The average molecular weight is 533 g/mol. The van der Waals surface area contributed by atoms with Crippen molar-refractivity contribution < 1.29 is 4.79 Å². The molecule has 3 heteroatoms. The van der Waals surface area contributed by atoms with Gasteiger partial charge in [-0.15, -0.1) is 0 Å². The van der Waals surface area contributed by atoms with E-state index in [4.69, 9.17) is 0 Å². The van der Waals surface area contributed by atoms with Gasteiger partial charge in [-0.2, -0.15) is 0 Å². The predicted molar refractivity (Wildman–Crippen MR) is 168 cm³/mol. The Morgan fingerprint density at radius 3 is 2.05 bits per heavy atom. The number of hydrogen-bond acceptors (Lipinski definition) is 3. The molecule has 2 aliphatic carbocycles. The Bertz CT molecular complexity index is 1470. The third-order valence-corrected chi connectivity index (χ3v) is 9.81. The molecule has 3 nitrogen and oxygen atoms in total. The fourth-order valence-electron chi connectivity index (χ4n) is 7.87. The van der Waals surface area contributed by atoms with Crippen LogP contribution in [0.25, 0.3) is 11.1 Å². The van der Waals surface area contributed by atoms with Gasteiger partial charge in [-0.3, -0.25) is 4.79 Å². The summed E-state index contributed by atoms with van der Waals surface area (Å²) < 4.78 is 0.